The largest absolute Gasteiger partial charge is 0.459 e. The van der Waals surface area contributed by atoms with E-state index in [1.165, 1.54) is 6.92 Å². The van der Waals surface area contributed by atoms with E-state index in [1.807, 2.05) is 6.08 Å². The summed E-state index contributed by atoms with van der Waals surface area (Å²) in [5, 5.41) is 0. The van der Waals surface area contributed by atoms with Gasteiger partial charge >= 0.3 is 5.97 Å². The van der Waals surface area contributed by atoms with Gasteiger partial charge in [0.05, 0.1) is 12.2 Å². The molecule has 4 atom stereocenters. The van der Waals surface area contributed by atoms with Gasteiger partial charge in [0.2, 0.25) is 0 Å². The van der Waals surface area contributed by atoms with Crippen molar-refractivity contribution in [1.29, 1.82) is 0 Å². The topological polar surface area (TPSA) is 35.5 Å². The molecule has 0 radical (unpaired) electrons. The lowest BCUT2D eigenvalue weighted by Crippen LogP contribution is -2.37. The van der Waals surface area contributed by atoms with E-state index < -0.39 is 0 Å². The second kappa shape index (κ2) is 9.81. The van der Waals surface area contributed by atoms with Crippen molar-refractivity contribution in [2.24, 2.45) is 0 Å². The van der Waals surface area contributed by atoms with Crippen LogP contribution >= 0.6 is 15.9 Å². The van der Waals surface area contributed by atoms with Crippen molar-refractivity contribution in [3.05, 3.63) is 24.3 Å². The van der Waals surface area contributed by atoms with E-state index in [4.69, 9.17) is 15.9 Å². The molecule has 1 heterocycles. The van der Waals surface area contributed by atoms with Gasteiger partial charge in [0.15, 0.2) is 0 Å². The predicted octanol–water partition coefficient (Wildman–Crippen LogP) is 3.77. The Kier molecular flexibility index (Phi) is 8.41. The zero-order valence-corrected chi connectivity index (χ0v) is 14.2. The molecule has 0 fully saturated rings. The van der Waals surface area contributed by atoms with Crippen LogP contribution in [-0.4, -0.2) is 29.1 Å². The summed E-state index contributed by atoms with van der Waals surface area (Å²) in [5.74, 6) is 2.15. The molecule has 3 nitrogen and oxygen atoms in total. The molecule has 0 aromatic carbocycles. The van der Waals surface area contributed by atoms with Crippen LogP contribution in [0.4, 0.5) is 0 Å². The monoisotopic (exact) mass is 354 g/mol. The van der Waals surface area contributed by atoms with Crippen LogP contribution in [0, 0.1) is 12.3 Å². The normalized spacial score (nSPS) is 25.0. The van der Waals surface area contributed by atoms with E-state index in [2.05, 4.69) is 40.9 Å². The molecule has 0 saturated carbocycles. The molecule has 1 rings (SSSR count). The van der Waals surface area contributed by atoms with Gasteiger partial charge in [-0.25, -0.2) is 0 Å². The molecule has 0 amide bonds. The van der Waals surface area contributed by atoms with Gasteiger partial charge in [-0.3, -0.25) is 4.79 Å². The smallest absolute Gasteiger partial charge is 0.303 e. The van der Waals surface area contributed by atoms with Gasteiger partial charge < -0.3 is 9.47 Å². The highest BCUT2D eigenvalue weighted by Crippen LogP contribution is 2.25. The summed E-state index contributed by atoms with van der Waals surface area (Å²) >= 11 is 3.66. The summed E-state index contributed by atoms with van der Waals surface area (Å²) in [5.41, 5.74) is 0. The van der Waals surface area contributed by atoms with E-state index in [0.29, 0.717) is 11.2 Å². The maximum Gasteiger partial charge on any atom is 0.303 e. The van der Waals surface area contributed by atoms with E-state index in [-0.39, 0.29) is 24.3 Å². The second-order valence-corrected chi connectivity index (χ2v) is 6.21. The maximum absolute atomic E-state index is 11.3. The van der Waals surface area contributed by atoms with Crippen molar-refractivity contribution in [3.8, 4) is 12.3 Å². The zero-order chi connectivity index (χ0) is 15.7. The third kappa shape index (κ3) is 6.50. The molecule has 4 unspecified atom stereocenters. The molecular weight excluding hydrogens is 332 g/mol. The number of carbonyl (C=O) groups is 1. The third-order valence-electron chi connectivity index (χ3n) is 3.36. The number of alkyl halides is 1. The first-order valence-electron chi connectivity index (χ1n) is 7.31. The fraction of sp³-hybridized carbons (Fsp3) is 0.588. The van der Waals surface area contributed by atoms with Crippen molar-refractivity contribution in [2.75, 3.05) is 0 Å². The fourth-order valence-electron chi connectivity index (χ4n) is 2.29. The first-order valence-corrected chi connectivity index (χ1v) is 8.22. The van der Waals surface area contributed by atoms with Gasteiger partial charge in [-0.15, -0.1) is 6.42 Å². The highest BCUT2D eigenvalue weighted by molar-refractivity contribution is 9.09. The number of halogens is 1. The molecule has 0 bridgehead atoms. The Labute approximate surface area is 135 Å². The first kappa shape index (κ1) is 18.0. The highest BCUT2D eigenvalue weighted by Gasteiger charge is 2.29. The van der Waals surface area contributed by atoms with Crippen LogP contribution in [0.1, 0.15) is 39.5 Å². The van der Waals surface area contributed by atoms with Crippen LogP contribution < -0.4 is 0 Å². The third-order valence-corrected chi connectivity index (χ3v) is 4.60. The Hall–Kier alpha value is -1.05. The Balaban J connectivity index is 2.78. The SMILES string of the molecule is C#CC=CCC(OC(C)=O)C1CC=CCC(C(Br)CC)O1. The Morgan fingerprint density at radius 1 is 1.52 bits per heavy atom. The lowest BCUT2D eigenvalue weighted by Gasteiger charge is -2.29. The van der Waals surface area contributed by atoms with E-state index in [0.717, 1.165) is 19.3 Å². The molecule has 21 heavy (non-hydrogen) atoms. The van der Waals surface area contributed by atoms with E-state index in [1.54, 1.807) is 6.08 Å². The summed E-state index contributed by atoms with van der Waals surface area (Å²) in [7, 11) is 0. The summed E-state index contributed by atoms with van der Waals surface area (Å²) in [6.07, 6.45) is 15.7. The lowest BCUT2D eigenvalue weighted by molar-refractivity contribution is -0.157. The standard InChI is InChI=1S/C17H23BrO3/c1-4-6-7-11-16(20-13(3)19)17-12-9-8-10-15(21-17)14(18)5-2/h1,6-9,14-17H,5,10-12H2,2-3H3. The van der Waals surface area contributed by atoms with Crippen LogP contribution in [0.2, 0.25) is 0 Å². The van der Waals surface area contributed by atoms with Crippen molar-refractivity contribution >= 4 is 21.9 Å². The molecule has 0 aliphatic carbocycles. The molecule has 1 aliphatic rings. The Morgan fingerprint density at radius 2 is 2.19 bits per heavy atom. The van der Waals surface area contributed by atoms with Gasteiger partial charge in [0.1, 0.15) is 6.10 Å². The number of terminal acetylenes is 1. The van der Waals surface area contributed by atoms with Crippen molar-refractivity contribution in [3.63, 3.8) is 0 Å². The van der Waals surface area contributed by atoms with Crippen LogP contribution in [0.15, 0.2) is 24.3 Å². The number of hydrogen-bond donors (Lipinski definition) is 0. The second-order valence-electron chi connectivity index (χ2n) is 5.03. The first-order chi connectivity index (χ1) is 10.1. The van der Waals surface area contributed by atoms with Crippen molar-refractivity contribution < 1.29 is 14.3 Å². The van der Waals surface area contributed by atoms with Crippen molar-refractivity contribution in [1.82, 2.24) is 0 Å². The average Bonchev–Trinajstić information content (AvgIpc) is 2.71. The predicted molar refractivity (Wildman–Crippen MR) is 88.2 cm³/mol. The maximum atomic E-state index is 11.3. The molecular formula is C17H23BrO3. The van der Waals surface area contributed by atoms with Crippen molar-refractivity contribution in [2.45, 2.75) is 62.7 Å². The Morgan fingerprint density at radius 3 is 2.76 bits per heavy atom. The van der Waals surface area contributed by atoms with E-state index in [9.17, 15) is 4.79 Å². The number of carbonyl (C=O) groups excluding carboxylic acids is 1. The fourth-order valence-corrected chi connectivity index (χ4v) is 2.63. The van der Waals surface area contributed by atoms with Crippen LogP contribution in [0.3, 0.4) is 0 Å². The minimum absolute atomic E-state index is 0.0911. The number of ether oxygens (including phenoxy) is 2. The number of rotatable bonds is 6. The highest BCUT2D eigenvalue weighted by atomic mass is 79.9. The summed E-state index contributed by atoms with van der Waals surface area (Å²) < 4.78 is 11.6. The minimum Gasteiger partial charge on any atom is -0.459 e. The number of hydrogen-bond acceptors (Lipinski definition) is 3. The van der Waals surface area contributed by atoms with Gasteiger partial charge in [0.25, 0.3) is 0 Å². The lowest BCUT2D eigenvalue weighted by atomic mass is 10.1. The molecule has 0 aromatic heterocycles. The molecule has 0 saturated heterocycles. The van der Waals surface area contributed by atoms with E-state index >= 15 is 0 Å². The minimum atomic E-state index is -0.311. The number of esters is 1. The van der Waals surface area contributed by atoms with Crippen LogP contribution in [-0.2, 0) is 14.3 Å². The quantitative estimate of drug-likeness (QED) is 0.315. The number of allylic oxidation sites excluding steroid dienone is 1. The van der Waals surface area contributed by atoms with Crippen LogP contribution in [0.25, 0.3) is 0 Å². The molecule has 116 valence electrons. The molecule has 0 spiro atoms. The van der Waals surface area contributed by atoms with Crippen LogP contribution in [0.5, 0.6) is 0 Å². The summed E-state index contributed by atoms with van der Waals surface area (Å²) in [4.78, 5) is 11.6. The average molecular weight is 355 g/mol. The molecule has 0 aromatic rings. The molecule has 1 aliphatic heterocycles. The van der Waals surface area contributed by atoms with Gasteiger partial charge in [-0.2, -0.15) is 0 Å². The van der Waals surface area contributed by atoms with Gasteiger partial charge in [-0.05, 0) is 25.3 Å². The summed E-state index contributed by atoms with van der Waals surface area (Å²) in [6, 6.07) is 0. The zero-order valence-electron chi connectivity index (χ0n) is 12.6. The molecule has 0 N–H and O–H groups in total. The molecule has 4 heteroatoms. The van der Waals surface area contributed by atoms with Gasteiger partial charge in [-0.1, -0.05) is 47.0 Å². The Bertz CT molecular complexity index is 422. The van der Waals surface area contributed by atoms with Gasteiger partial charge in [0, 0.05) is 18.2 Å². The summed E-state index contributed by atoms with van der Waals surface area (Å²) in [6.45, 7) is 3.53.